The highest BCUT2D eigenvalue weighted by Crippen LogP contribution is 1.92. The van der Waals surface area contributed by atoms with E-state index in [0.717, 1.165) is 11.3 Å². The molecule has 2 N–H and O–H groups in total. The summed E-state index contributed by atoms with van der Waals surface area (Å²) in [7, 11) is 0. The van der Waals surface area contributed by atoms with E-state index in [1.54, 1.807) is 5.38 Å². The van der Waals surface area contributed by atoms with Gasteiger partial charge in [-0.1, -0.05) is 11.3 Å². The summed E-state index contributed by atoms with van der Waals surface area (Å²) in [4.78, 5) is 12.6. The molecule has 1 aromatic rings. The van der Waals surface area contributed by atoms with Crippen LogP contribution < -0.4 is 4.87 Å². The Morgan fingerprint density at radius 2 is 2.62 bits per heavy atom. The van der Waals surface area contributed by atoms with Gasteiger partial charge in [-0.2, -0.15) is 0 Å². The molecule has 1 aromatic heterocycles. The van der Waals surface area contributed by atoms with Gasteiger partial charge in [0.2, 0.25) is 0 Å². The molecular formula is C4H5NO2S. The maximum atomic E-state index is 10.3. The highest BCUT2D eigenvalue weighted by molar-refractivity contribution is 7.07. The molecule has 44 valence electrons. The van der Waals surface area contributed by atoms with Crippen LogP contribution >= 0.6 is 11.3 Å². The molecule has 0 saturated carbocycles. The molecule has 0 aliphatic rings. The fraction of sp³-hybridized carbons (Fsp3) is 0.250. The maximum Gasteiger partial charge on any atom is 0.304 e. The summed E-state index contributed by atoms with van der Waals surface area (Å²) in [6, 6.07) is 0. The Hall–Kier alpha value is -0.610. The molecule has 0 aromatic carbocycles. The van der Waals surface area contributed by atoms with Gasteiger partial charge in [0.25, 0.3) is 0 Å². The van der Waals surface area contributed by atoms with Crippen LogP contribution in [0.25, 0.3) is 0 Å². The van der Waals surface area contributed by atoms with Crippen molar-refractivity contribution >= 4 is 11.3 Å². The molecule has 0 fully saturated rings. The number of nitrogens with one attached hydrogen (secondary N) is 1. The van der Waals surface area contributed by atoms with E-state index in [-0.39, 0.29) is 11.5 Å². The first-order valence-electron chi connectivity index (χ1n) is 2.10. The molecule has 0 amide bonds. The first kappa shape index (κ1) is 5.53. The average molecular weight is 131 g/mol. The van der Waals surface area contributed by atoms with Crippen molar-refractivity contribution in [3.63, 3.8) is 0 Å². The molecule has 1 heterocycles. The van der Waals surface area contributed by atoms with Crippen LogP contribution in [0.4, 0.5) is 0 Å². The molecule has 0 aliphatic carbocycles. The van der Waals surface area contributed by atoms with Crippen molar-refractivity contribution in [2.75, 3.05) is 0 Å². The van der Waals surface area contributed by atoms with Gasteiger partial charge in [-0.15, -0.1) is 0 Å². The van der Waals surface area contributed by atoms with Crippen molar-refractivity contribution in [3.05, 3.63) is 20.7 Å². The predicted octanol–water partition coefficient (Wildman–Crippen LogP) is -0.0713. The van der Waals surface area contributed by atoms with Crippen molar-refractivity contribution in [1.82, 2.24) is 4.98 Å². The largest absolute Gasteiger partial charge is 0.390 e. The quantitative estimate of drug-likeness (QED) is 0.560. The van der Waals surface area contributed by atoms with E-state index in [2.05, 4.69) is 4.98 Å². The lowest BCUT2D eigenvalue weighted by Crippen LogP contribution is -1.94. The standard InChI is InChI=1S/C4H5NO2S/c6-1-3-2-8-4(7)5-3/h2,6H,1H2,(H,5,7). The highest BCUT2D eigenvalue weighted by atomic mass is 32.1. The second kappa shape index (κ2) is 2.11. The third-order valence-electron chi connectivity index (χ3n) is 0.741. The Balaban J connectivity index is 3.01. The molecular weight excluding hydrogens is 126 g/mol. The van der Waals surface area contributed by atoms with Crippen LogP contribution in [0.2, 0.25) is 0 Å². The molecule has 8 heavy (non-hydrogen) atoms. The lowest BCUT2D eigenvalue weighted by molar-refractivity contribution is 0.277. The first-order valence-corrected chi connectivity index (χ1v) is 2.98. The normalized spacial score (nSPS) is 9.62. The van der Waals surface area contributed by atoms with Crippen LogP contribution in [0.1, 0.15) is 5.69 Å². The second-order valence-corrected chi connectivity index (χ2v) is 2.17. The molecule has 3 nitrogen and oxygen atoms in total. The molecule has 0 atom stereocenters. The Morgan fingerprint density at radius 3 is 2.88 bits per heavy atom. The minimum atomic E-state index is -0.117. The van der Waals surface area contributed by atoms with E-state index in [4.69, 9.17) is 5.11 Å². The van der Waals surface area contributed by atoms with Crippen LogP contribution in [0.3, 0.4) is 0 Å². The number of hydrogen-bond acceptors (Lipinski definition) is 3. The van der Waals surface area contributed by atoms with Gasteiger partial charge in [0.1, 0.15) is 0 Å². The monoisotopic (exact) mass is 131 g/mol. The molecule has 4 heteroatoms. The highest BCUT2D eigenvalue weighted by Gasteiger charge is 1.89. The Kier molecular flexibility index (Phi) is 1.45. The number of aliphatic hydroxyl groups excluding tert-OH is 1. The summed E-state index contributed by atoms with van der Waals surface area (Å²) in [5.41, 5.74) is 0.583. The van der Waals surface area contributed by atoms with E-state index in [1.807, 2.05) is 0 Å². The third-order valence-corrected chi connectivity index (χ3v) is 1.46. The van der Waals surface area contributed by atoms with Crippen molar-refractivity contribution in [1.29, 1.82) is 0 Å². The predicted molar refractivity (Wildman–Crippen MR) is 30.9 cm³/mol. The Bertz CT molecular complexity index is 214. The number of aromatic amines is 1. The molecule has 1 rings (SSSR count). The summed E-state index contributed by atoms with van der Waals surface area (Å²) in [6.45, 7) is -0.0846. The van der Waals surface area contributed by atoms with Gasteiger partial charge in [-0.05, 0) is 0 Å². The first-order chi connectivity index (χ1) is 3.83. The molecule has 0 aliphatic heterocycles. The Labute approximate surface area is 49.6 Å². The van der Waals surface area contributed by atoms with Crippen molar-refractivity contribution in [3.8, 4) is 0 Å². The second-order valence-electron chi connectivity index (χ2n) is 1.33. The molecule has 0 spiro atoms. The van der Waals surface area contributed by atoms with E-state index < -0.39 is 0 Å². The number of H-pyrrole nitrogens is 1. The maximum absolute atomic E-state index is 10.3. The van der Waals surface area contributed by atoms with E-state index in [1.165, 1.54) is 0 Å². The SMILES string of the molecule is O=c1[nH]c(CO)cs1. The van der Waals surface area contributed by atoms with Crippen molar-refractivity contribution in [2.45, 2.75) is 6.61 Å². The summed E-state index contributed by atoms with van der Waals surface area (Å²) in [6.07, 6.45) is 0. The molecule has 0 bridgehead atoms. The van der Waals surface area contributed by atoms with Gasteiger partial charge in [0.05, 0.1) is 12.3 Å². The van der Waals surface area contributed by atoms with E-state index in [0.29, 0.717) is 5.69 Å². The molecule has 0 radical (unpaired) electrons. The van der Waals surface area contributed by atoms with Crippen LogP contribution in [0.5, 0.6) is 0 Å². The summed E-state index contributed by atoms with van der Waals surface area (Å²) in [5, 5.41) is 9.99. The third kappa shape index (κ3) is 0.962. The molecule has 0 unspecified atom stereocenters. The fourth-order valence-electron chi connectivity index (χ4n) is 0.391. The smallest absolute Gasteiger partial charge is 0.304 e. The topological polar surface area (TPSA) is 53.1 Å². The minimum Gasteiger partial charge on any atom is -0.390 e. The number of hydrogen-bond donors (Lipinski definition) is 2. The van der Waals surface area contributed by atoms with Gasteiger partial charge in [-0.25, -0.2) is 0 Å². The summed E-state index contributed by atoms with van der Waals surface area (Å²) in [5.74, 6) is 0. The number of aliphatic hydroxyl groups is 1. The lowest BCUT2D eigenvalue weighted by atomic mass is 10.5. The van der Waals surface area contributed by atoms with Crippen LogP contribution in [-0.4, -0.2) is 10.1 Å². The average Bonchev–Trinajstić information content (AvgIpc) is 2.14. The van der Waals surface area contributed by atoms with Gasteiger partial charge >= 0.3 is 4.87 Å². The number of aromatic nitrogens is 1. The number of rotatable bonds is 1. The fourth-order valence-corrected chi connectivity index (χ4v) is 0.964. The van der Waals surface area contributed by atoms with Crippen molar-refractivity contribution < 1.29 is 5.11 Å². The van der Waals surface area contributed by atoms with Gasteiger partial charge < -0.3 is 10.1 Å². The molecule has 0 saturated heterocycles. The van der Waals surface area contributed by atoms with Crippen LogP contribution in [0, 0.1) is 0 Å². The minimum absolute atomic E-state index is 0.0846. The van der Waals surface area contributed by atoms with Crippen molar-refractivity contribution in [2.24, 2.45) is 0 Å². The zero-order valence-corrected chi connectivity index (χ0v) is 4.86. The van der Waals surface area contributed by atoms with E-state index in [9.17, 15) is 4.79 Å². The summed E-state index contributed by atoms with van der Waals surface area (Å²) < 4.78 is 0. The zero-order valence-electron chi connectivity index (χ0n) is 4.05. The lowest BCUT2D eigenvalue weighted by Gasteiger charge is -1.79. The summed E-state index contributed by atoms with van der Waals surface area (Å²) >= 11 is 1.06. The van der Waals surface area contributed by atoms with Gasteiger partial charge in [0, 0.05) is 5.38 Å². The van der Waals surface area contributed by atoms with Gasteiger partial charge in [0.15, 0.2) is 0 Å². The van der Waals surface area contributed by atoms with Gasteiger partial charge in [-0.3, -0.25) is 4.79 Å². The zero-order chi connectivity index (χ0) is 5.98. The Morgan fingerprint density at radius 1 is 1.88 bits per heavy atom. The van der Waals surface area contributed by atoms with Crippen LogP contribution in [-0.2, 0) is 6.61 Å². The van der Waals surface area contributed by atoms with E-state index >= 15 is 0 Å². The number of thiazole rings is 1. The van der Waals surface area contributed by atoms with Crippen LogP contribution in [0.15, 0.2) is 10.2 Å².